The molecule has 1 fully saturated rings. The van der Waals surface area contributed by atoms with Crippen molar-refractivity contribution in [3.63, 3.8) is 0 Å². The molecule has 1 atom stereocenters. The summed E-state index contributed by atoms with van der Waals surface area (Å²) in [7, 11) is 0. The first-order valence-corrected chi connectivity index (χ1v) is 7.08. The number of rotatable bonds is 4. The van der Waals surface area contributed by atoms with Crippen molar-refractivity contribution in [2.45, 2.75) is 19.3 Å². The molecule has 19 heavy (non-hydrogen) atoms. The quantitative estimate of drug-likeness (QED) is 0.888. The van der Waals surface area contributed by atoms with Crippen LogP contribution in [0.1, 0.15) is 18.7 Å². The van der Waals surface area contributed by atoms with Crippen LogP contribution >= 0.6 is 0 Å². The molecule has 1 saturated heterocycles. The first-order chi connectivity index (χ1) is 9.36. The Labute approximate surface area is 113 Å². The zero-order valence-electron chi connectivity index (χ0n) is 11.2. The number of nitrogens with zero attached hydrogens (tertiary/aromatic N) is 4. The molecule has 5 nitrogen and oxygen atoms in total. The van der Waals surface area contributed by atoms with Gasteiger partial charge in [0.2, 0.25) is 0 Å². The number of hydrogen-bond donors (Lipinski definition) is 1. The molecule has 5 heteroatoms. The van der Waals surface area contributed by atoms with Gasteiger partial charge in [-0.15, -0.1) is 10.2 Å². The van der Waals surface area contributed by atoms with Crippen LogP contribution in [0.4, 0.5) is 0 Å². The molecule has 0 aromatic carbocycles. The number of pyridine rings is 1. The lowest BCUT2D eigenvalue weighted by Crippen LogP contribution is -2.39. The molecule has 1 aliphatic rings. The monoisotopic (exact) mass is 259 g/mol. The number of nitrogens with two attached hydrogens (primary N) is 1. The fourth-order valence-electron chi connectivity index (χ4n) is 2.99. The Bertz CT molecular complexity index is 533. The molecule has 2 aromatic heterocycles. The molecule has 102 valence electrons. The third-order valence-electron chi connectivity index (χ3n) is 3.90. The molecule has 0 spiro atoms. The van der Waals surface area contributed by atoms with E-state index in [0.29, 0.717) is 5.92 Å². The van der Waals surface area contributed by atoms with Gasteiger partial charge >= 0.3 is 0 Å². The molecular formula is C14H21N5. The van der Waals surface area contributed by atoms with Crippen LogP contribution in [0, 0.1) is 5.92 Å². The standard InChI is InChI=1S/C14H21N5/c15-6-9-18-7-3-4-12(11-18)10-14-17-16-13-5-1-2-8-19(13)14/h1-2,5,8,12H,3-4,6-7,9-11,15H2. The Morgan fingerprint density at radius 1 is 1.32 bits per heavy atom. The smallest absolute Gasteiger partial charge is 0.160 e. The summed E-state index contributed by atoms with van der Waals surface area (Å²) in [4.78, 5) is 2.47. The fourth-order valence-corrected chi connectivity index (χ4v) is 2.99. The first-order valence-electron chi connectivity index (χ1n) is 7.08. The summed E-state index contributed by atoms with van der Waals surface area (Å²) in [5, 5.41) is 8.55. The molecule has 0 saturated carbocycles. The lowest BCUT2D eigenvalue weighted by molar-refractivity contribution is 0.177. The van der Waals surface area contributed by atoms with Crippen LogP contribution < -0.4 is 5.73 Å². The van der Waals surface area contributed by atoms with Crippen LogP contribution in [-0.4, -0.2) is 45.7 Å². The third-order valence-corrected chi connectivity index (χ3v) is 3.90. The van der Waals surface area contributed by atoms with Gasteiger partial charge in [0.25, 0.3) is 0 Å². The molecule has 0 amide bonds. The van der Waals surface area contributed by atoms with Gasteiger partial charge in [-0.3, -0.25) is 4.40 Å². The molecule has 0 aliphatic carbocycles. The van der Waals surface area contributed by atoms with Crippen molar-refractivity contribution in [3.05, 3.63) is 30.2 Å². The average molecular weight is 259 g/mol. The van der Waals surface area contributed by atoms with Gasteiger partial charge in [0.05, 0.1) is 0 Å². The zero-order chi connectivity index (χ0) is 13.1. The number of hydrogen-bond acceptors (Lipinski definition) is 4. The molecule has 1 unspecified atom stereocenters. The number of piperidine rings is 1. The SMILES string of the molecule is NCCN1CCCC(Cc2nnc3ccccn23)C1. The van der Waals surface area contributed by atoms with E-state index in [1.807, 2.05) is 24.4 Å². The fraction of sp³-hybridized carbons (Fsp3) is 0.571. The van der Waals surface area contributed by atoms with Crippen LogP contribution in [0.5, 0.6) is 0 Å². The van der Waals surface area contributed by atoms with Crippen LogP contribution in [0.2, 0.25) is 0 Å². The highest BCUT2D eigenvalue weighted by molar-refractivity contribution is 5.37. The van der Waals surface area contributed by atoms with E-state index in [1.54, 1.807) is 0 Å². The Hall–Kier alpha value is -1.46. The van der Waals surface area contributed by atoms with Crippen molar-refractivity contribution >= 4 is 5.65 Å². The van der Waals surface area contributed by atoms with E-state index in [4.69, 9.17) is 5.73 Å². The number of likely N-dealkylation sites (tertiary alicyclic amines) is 1. The molecule has 0 radical (unpaired) electrons. The van der Waals surface area contributed by atoms with Gasteiger partial charge in [0.1, 0.15) is 5.82 Å². The van der Waals surface area contributed by atoms with E-state index >= 15 is 0 Å². The molecule has 2 aromatic rings. The van der Waals surface area contributed by atoms with Crippen LogP contribution in [-0.2, 0) is 6.42 Å². The minimum Gasteiger partial charge on any atom is -0.329 e. The summed E-state index contributed by atoms with van der Waals surface area (Å²) in [6.45, 7) is 4.09. The van der Waals surface area contributed by atoms with Gasteiger partial charge < -0.3 is 10.6 Å². The maximum atomic E-state index is 5.65. The molecule has 3 rings (SSSR count). The molecule has 2 N–H and O–H groups in total. The van der Waals surface area contributed by atoms with Crippen molar-refractivity contribution in [2.75, 3.05) is 26.2 Å². The highest BCUT2D eigenvalue weighted by Crippen LogP contribution is 2.20. The van der Waals surface area contributed by atoms with Crippen LogP contribution in [0.25, 0.3) is 5.65 Å². The van der Waals surface area contributed by atoms with Crippen molar-refractivity contribution in [1.29, 1.82) is 0 Å². The summed E-state index contributed by atoms with van der Waals surface area (Å²) < 4.78 is 2.10. The van der Waals surface area contributed by atoms with E-state index in [0.717, 1.165) is 37.5 Å². The summed E-state index contributed by atoms with van der Waals surface area (Å²) in [6, 6.07) is 6.02. The lowest BCUT2D eigenvalue weighted by atomic mass is 9.94. The minimum absolute atomic E-state index is 0.674. The Morgan fingerprint density at radius 3 is 3.16 bits per heavy atom. The van der Waals surface area contributed by atoms with Gasteiger partial charge in [-0.25, -0.2) is 0 Å². The Kier molecular flexibility index (Phi) is 3.75. The average Bonchev–Trinajstić information content (AvgIpc) is 2.83. The topological polar surface area (TPSA) is 59.5 Å². The maximum absolute atomic E-state index is 5.65. The van der Waals surface area contributed by atoms with Gasteiger partial charge in [-0.1, -0.05) is 6.07 Å². The summed E-state index contributed by atoms with van der Waals surface area (Å²) in [5.41, 5.74) is 6.58. The van der Waals surface area contributed by atoms with Gasteiger partial charge in [-0.05, 0) is 37.4 Å². The predicted octanol–water partition coefficient (Wildman–Crippen LogP) is 0.942. The summed E-state index contributed by atoms with van der Waals surface area (Å²) >= 11 is 0. The maximum Gasteiger partial charge on any atom is 0.160 e. The summed E-state index contributed by atoms with van der Waals surface area (Å²) in [6.07, 6.45) is 5.60. The second kappa shape index (κ2) is 5.67. The highest BCUT2D eigenvalue weighted by atomic mass is 15.2. The predicted molar refractivity (Wildman–Crippen MR) is 74.9 cm³/mol. The second-order valence-electron chi connectivity index (χ2n) is 5.35. The molecular weight excluding hydrogens is 238 g/mol. The van der Waals surface area contributed by atoms with Crippen molar-refractivity contribution in [2.24, 2.45) is 11.7 Å². The number of fused-ring (bicyclic) bond motifs is 1. The minimum atomic E-state index is 0.674. The molecule has 0 bridgehead atoms. The van der Waals surface area contributed by atoms with Crippen LogP contribution in [0.15, 0.2) is 24.4 Å². The van der Waals surface area contributed by atoms with E-state index in [2.05, 4.69) is 19.5 Å². The van der Waals surface area contributed by atoms with Crippen molar-refractivity contribution < 1.29 is 0 Å². The van der Waals surface area contributed by atoms with Crippen LogP contribution in [0.3, 0.4) is 0 Å². The van der Waals surface area contributed by atoms with Crippen molar-refractivity contribution in [3.8, 4) is 0 Å². The van der Waals surface area contributed by atoms with Gasteiger partial charge in [0.15, 0.2) is 5.65 Å². The largest absolute Gasteiger partial charge is 0.329 e. The van der Waals surface area contributed by atoms with E-state index in [9.17, 15) is 0 Å². The molecule has 1 aliphatic heterocycles. The van der Waals surface area contributed by atoms with E-state index < -0.39 is 0 Å². The van der Waals surface area contributed by atoms with Gasteiger partial charge in [0, 0.05) is 32.3 Å². The Morgan fingerprint density at radius 2 is 2.26 bits per heavy atom. The lowest BCUT2D eigenvalue weighted by Gasteiger charge is -2.32. The first kappa shape index (κ1) is 12.6. The van der Waals surface area contributed by atoms with Gasteiger partial charge in [-0.2, -0.15) is 0 Å². The highest BCUT2D eigenvalue weighted by Gasteiger charge is 2.21. The van der Waals surface area contributed by atoms with Crippen molar-refractivity contribution in [1.82, 2.24) is 19.5 Å². The Balaban J connectivity index is 1.70. The third kappa shape index (κ3) is 2.77. The van der Waals surface area contributed by atoms with E-state index in [1.165, 1.54) is 19.4 Å². The van der Waals surface area contributed by atoms with E-state index in [-0.39, 0.29) is 0 Å². The zero-order valence-corrected chi connectivity index (χ0v) is 11.2. The molecule has 3 heterocycles. The summed E-state index contributed by atoms with van der Waals surface area (Å²) in [5.74, 6) is 1.75. The number of aromatic nitrogens is 3. The second-order valence-corrected chi connectivity index (χ2v) is 5.35. The normalized spacial score (nSPS) is 21.0.